The van der Waals surface area contributed by atoms with Gasteiger partial charge < -0.3 is 10.5 Å². The quantitative estimate of drug-likeness (QED) is 0.659. The summed E-state index contributed by atoms with van der Waals surface area (Å²) in [6.45, 7) is 2.09. The minimum Gasteiger partial charge on any atom is -0.495 e. The van der Waals surface area contributed by atoms with Crippen molar-refractivity contribution in [2.75, 3.05) is 17.7 Å². The van der Waals surface area contributed by atoms with E-state index < -0.39 is 0 Å². The number of methoxy groups -OCH3 is 1. The molecule has 3 rings (SSSR count). The summed E-state index contributed by atoms with van der Waals surface area (Å²) < 4.78 is 5.09. The van der Waals surface area contributed by atoms with Gasteiger partial charge in [-0.1, -0.05) is 6.92 Å². The molecule has 1 saturated carbocycles. The van der Waals surface area contributed by atoms with Crippen molar-refractivity contribution in [3.8, 4) is 5.75 Å². The Balaban J connectivity index is 1.94. The third-order valence-corrected chi connectivity index (χ3v) is 4.34. The smallest absolute Gasteiger partial charge is 0.237 e. The van der Waals surface area contributed by atoms with Gasteiger partial charge in [0.2, 0.25) is 11.8 Å². The molecule has 2 amide bonds. The number of rotatable bonds is 2. The molecular weight excluding hydrogens is 256 g/mol. The largest absolute Gasteiger partial charge is 0.495 e. The molecule has 1 saturated heterocycles. The van der Waals surface area contributed by atoms with Crippen LogP contribution < -0.4 is 15.4 Å². The first-order chi connectivity index (χ1) is 9.52. The number of nitrogens with zero attached hydrogens (tertiary/aromatic N) is 1. The van der Waals surface area contributed by atoms with E-state index in [2.05, 4.69) is 6.92 Å². The topological polar surface area (TPSA) is 72.6 Å². The van der Waals surface area contributed by atoms with Crippen LogP contribution in [0.3, 0.4) is 0 Å². The molecule has 2 aliphatic rings. The molecular formula is C15H18N2O3. The van der Waals surface area contributed by atoms with Crippen LogP contribution in [0.5, 0.6) is 5.75 Å². The standard InChI is InChI=1S/C15H18N2O3/c1-8-5-10-11(6-8)15(19)17(14(10)18)9-3-4-13(20-2)12(16)7-9/h3-4,7-8,10-11H,5-6,16H2,1-2H3. The number of hydrogen-bond acceptors (Lipinski definition) is 4. The predicted molar refractivity (Wildman–Crippen MR) is 75.3 cm³/mol. The molecule has 5 heteroatoms. The SMILES string of the molecule is COc1ccc(N2C(=O)C3CC(C)CC3C2=O)cc1N. The molecule has 5 nitrogen and oxygen atoms in total. The molecule has 0 bridgehead atoms. The Morgan fingerprint density at radius 3 is 2.30 bits per heavy atom. The van der Waals surface area contributed by atoms with Gasteiger partial charge in [0.15, 0.2) is 0 Å². The fraction of sp³-hybridized carbons (Fsp3) is 0.467. The minimum atomic E-state index is -0.152. The molecule has 20 heavy (non-hydrogen) atoms. The number of anilines is 2. The third kappa shape index (κ3) is 1.77. The third-order valence-electron chi connectivity index (χ3n) is 4.34. The summed E-state index contributed by atoms with van der Waals surface area (Å²) in [6, 6.07) is 5.01. The van der Waals surface area contributed by atoms with Gasteiger partial charge in [0, 0.05) is 0 Å². The average Bonchev–Trinajstić information content (AvgIpc) is 2.89. The van der Waals surface area contributed by atoms with E-state index >= 15 is 0 Å². The van der Waals surface area contributed by atoms with Crippen molar-refractivity contribution < 1.29 is 14.3 Å². The van der Waals surface area contributed by atoms with E-state index in [1.54, 1.807) is 18.2 Å². The lowest BCUT2D eigenvalue weighted by atomic mass is 10.00. The van der Waals surface area contributed by atoms with Crippen LogP contribution in [0.25, 0.3) is 0 Å². The maximum atomic E-state index is 12.4. The van der Waals surface area contributed by atoms with Gasteiger partial charge in [0.1, 0.15) is 5.75 Å². The summed E-state index contributed by atoms with van der Waals surface area (Å²) >= 11 is 0. The van der Waals surface area contributed by atoms with E-state index in [0.717, 1.165) is 12.8 Å². The monoisotopic (exact) mass is 274 g/mol. The minimum absolute atomic E-state index is 0.0890. The first-order valence-corrected chi connectivity index (χ1v) is 6.84. The number of imide groups is 1. The van der Waals surface area contributed by atoms with Crippen LogP contribution in [0.2, 0.25) is 0 Å². The molecule has 1 aromatic carbocycles. The van der Waals surface area contributed by atoms with E-state index in [-0.39, 0.29) is 23.7 Å². The lowest BCUT2D eigenvalue weighted by Gasteiger charge is -2.18. The maximum absolute atomic E-state index is 12.4. The number of fused-ring (bicyclic) bond motifs is 1. The molecule has 2 atom stereocenters. The van der Waals surface area contributed by atoms with Crippen molar-refractivity contribution in [1.29, 1.82) is 0 Å². The van der Waals surface area contributed by atoms with Crippen molar-refractivity contribution in [2.24, 2.45) is 17.8 Å². The molecule has 0 spiro atoms. The van der Waals surface area contributed by atoms with Crippen molar-refractivity contribution in [3.05, 3.63) is 18.2 Å². The summed E-state index contributed by atoms with van der Waals surface area (Å²) in [5, 5.41) is 0. The lowest BCUT2D eigenvalue weighted by Crippen LogP contribution is -2.32. The molecule has 106 valence electrons. The average molecular weight is 274 g/mol. The van der Waals surface area contributed by atoms with Crippen LogP contribution in [0.15, 0.2) is 18.2 Å². The number of carbonyl (C=O) groups excluding carboxylic acids is 2. The summed E-state index contributed by atoms with van der Waals surface area (Å²) in [6.07, 6.45) is 1.61. The molecule has 0 radical (unpaired) electrons. The number of ether oxygens (including phenoxy) is 1. The van der Waals surface area contributed by atoms with Gasteiger partial charge >= 0.3 is 0 Å². The Hall–Kier alpha value is -2.04. The number of benzene rings is 1. The molecule has 1 aliphatic carbocycles. The van der Waals surface area contributed by atoms with Crippen LogP contribution in [-0.4, -0.2) is 18.9 Å². The number of nitrogen functional groups attached to an aromatic ring is 1. The van der Waals surface area contributed by atoms with Crippen molar-refractivity contribution >= 4 is 23.2 Å². The second-order valence-electron chi connectivity index (χ2n) is 5.73. The van der Waals surface area contributed by atoms with Crippen LogP contribution in [0, 0.1) is 17.8 Å². The van der Waals surface area contributed by atoms with Crippen LogP contribution in [0.4, 0.5) is 11.4 Å². The van der Waals surface area contributed by atoms with Gasteiger partial charge in [0.05, 0.1) is 30.3 Å². The van der Waals surface area contributed by atoms with Crippen LogP contribution >= 0.6 is 0 Å². The van der Waals surface area contributed by atoms with Crippen molar-refractivity contribution in [3.63, 3.8) is 0 Å². The molecule has 1 aliphatic heterocycles. The molecule has 1 heterocycles. The van der Waals surface area contributed by atoms with Gasteiger partial charge in [0.25, 0.3) is 0 Å². The number of nitrogens with two attached hydrogens (primary N) is 1. The van der Waals surface area contributed by atoms with Gasteiger partial charge in [-0.3, -0.25) is 9.59 Å². The fourth-order valence-electron chi connectivity index (χ4n) is 3.39. The maximum Gasteiger partial charge on any atom is 0.237 e. The van der Waals surface area contributed by atoms with Gasteiger partial charge in [-0.2, -0.15) is 0 Å². The highest BCUT2D eigenvalue weighted by atomic mass is 16.5. The van der Waals surface area contributed by atoms with Gasteiger partial charge in [-0.15, -0.1) is 0 Å². The van der Waals surface area contributed by atoms with Crippen molar-refractivity contribution in [1.82, 2.24) is 0 Å². The molecule has 1 aromatic rings. The van der Waals surface area contributed by atoms with E-state index in [1.807, 2.05) is 0 Å². The Morgan fingerprint density at radius 2 is 1.80 bits per heavy atom. The Kier molecular flexibility index (Phi) is 2.92. The Bertz CT molecular complexity index is 560. The van der Waals surface area contributed by atoms with E-state index in [0.29, 0.717) is 23.0 Å². The van der Waals surface area contributed by atoms with E-state index in [4.69, 9.17) is 10.5 Å². The summed E-state index contributed by atoms with van der Waals surface area (Å²) in [4.78, 5) is 26.2. The zero-order valence-electron chi connectivity index (χ0n) is 11.6. The van der Waals surface area contributed by atoms with Crippen LogP contribution in [-0.2, 0) is 9.59 Å². The molecule has 0 aromatic heterocycles. The first kappa shape index (κ1) is 13.0. The molecule has 2 fully saturated rings. The highest BCUT2D eigenvalue weighted by Crippen LogP contribution is 2.44. The van der Waals surface area contributed by atoms with E-state index in [1.165, 1.54) is 12.0 Å². The summed E-state index contributed by atoms with van der Waals surface area (Å²) in [7, 11) is 1.53. The number of hydrogen-bond donors (Lipinski definition) is 1. The highest BCUT2D eigenvalue weighted by Gasteiger charge is 2.52. The second kappa shape index (κ2) is 4.51. The van der Waals surface area contributed by atoms with Gasteiger partial charge in [-0.25, -0.2) is 4.90 Å². The normalized spacial score (nSPS) is 28.9. The summed E-state index contributed by atoms with van der Waals surface area (Å²) in [5.74, 6) is 0.507. The first-order valence-electron chi connectivity index (χ1n) is 6.84. The van der Waals surface area contributed by atoms with Crippen molar-refractivity contribution in [2.45, 2.75) is 19.8 Å². The number of carbonyl (C=O) groups is 2. The predicted octanol–water partition coefficient (Wildman–Crippen LogP) is 1.81. The zero-order valence-corrected chi connectivity index (χ0v) is 11.6. The second-order valence-corrected chi connectivity index (χ2v) is 5.73. The highest BCUT2D eigenvalue weighted by molar-refractivity contribution is 6.22. The molecule has 2 N–H and O–H groups in total. The fourth-order valence-corrected chi connectivity index (χ4v) is 3.39. The van der Waals surface area contributed by atoms with E-state index in [9.17, 15) is 9.59 Å². The summed E-state index contributed by atoms with van der Waals surface area (Å²) in [5.41, 5.74) is 6.82. The zero-order chi connectivity index (χ0) is 14.4. The number of amides is 2. The molecule has 2 unspecified atom stereocenters. The van der Waals surface area contributed by atoms with Crippen LogP contribution in [0.1, 0.15) is 19.8 Å². The lowest BCUT2D eigenvalue weighted by molar-refractivity contribution is -0.123. The van der Waals surface area contributed by atoms with Gasteiger partial charge in [-0.05, 0) is 37.0 Å². The Labute approximate surface area is 117 Å². The Morgan fingerprint density at radius 1 is 1.20 bits per heavy atom.